The molecule has 0 fully saturated rings. The van der Waals surface area contributed by atoms with E-state index in [0.29, 0.717) is 12.2 Å². The van der Waals surface area contributed by atoms with Gasteiger partial charge < -0.3 is 5.32 Å². The molecule has 0 atom stereocenters. The van der Waals surface area contributed by atoms with Gasteiger partial charge in [0.25, 0.3) is 0 Å². The lowest BCUT2D eigenvalue weighted by Gasteiger charge is -2.12. The molecule has 0 aromatic carbocycles. The van der Waals surface area contributed by atoms with Crippen molar-refractivity contribution >= 4 is 0 Å². The van der Waals surface area contributed by atoms with Crippen molar-refractivity contribution < 1.29 is 8.78 Å². The standard InChI is InChI=1S/C9H12F2N/c1-2-5-12-9-4-3-7(10)6-8(9)11/h3-4,12H,2,5-6H2,1H3. The lowest BCUT2D eigenvalue weighted by atomic mass is 10.1. The van der Waals surface area contributed by atoms with Crippen LogP contribution in [0.2, 0.25) is 0 Å². The molecule has 67 valence electrons. The monoisotopic (exact) mass is 172 g/mol. The smallest absolute Gasteiger partial charge is 0.173 e. The van der Waals surface area contributed by atoms with Gasteiger partial charge in [0.2, 0.25) is 0 Å². The highest BCUT2D eigenvalue weighted by Crippen LogP contribution is 2.25. The van der Waals surface area contributed by atoms with Crippen LogP contribution in [0.4, 0.5) is 8.78 Å². The fourth-order valence-corrected chi connectivity index (χ4v) is 0.981. The Balaban J connectivity index is 2.52. The average molecular weight is 172 g/mol. The van der Waals surface area contributed by atoms with Gasteiger partial charge in [-0.1, -0.05) is 6.92 Å². The third-order valence-corrected chi connectivity index (χ3v) is 1.61. The van der Waals surface area contributed by atoms with Crippen molar-refractivity contribution in [2.45, 2.75) is 19.8 Å². The molecule has 0 saturated carbocycles. The highest BCUT2D eigenvalue weighted by molar-refractivity contribution is 5.30. The Morgan fingerprint density at radius 2 is 2.17 bits per heavy atom. The fourth-order valence-electron chi connectivity index (χ4n) is 0.981. The molecule has 0 bridgehead atoms. The summed E-state index contributed by atoms with van der Waals surface area (Å²) in [5.74, 6) is -0.413. The van der Waals surface area contributed by atoms with E-state index in [1.54, 1.807) is 0 Å². The third kappa shape index (κ3) is 2.32. The maximum atomic E-state index is 12.9. The molecule has 1 aliphatic rings. The first-order valence-corrected chi connectivity index (χ1v) is 4.06. The average Bonchev–Trinajstić information content (AvgIpc) is 2.03. The normalized spacial score (nSPS) is 18.6. The molecule has 12 heavy (non-hydrogen) atoms. The van der Waals surface area contributed by atoms with Crippen LogP contribution in [0.25, 0.3) is 0 Å². The SMILES string of the molecule is CCCNC1=C(F)C[C](F)C=C1. The summed E-state index contributed by atoms with van der Waals surface area (Å²) in [6, 6.07) is 0. The quantitative estimate of drug-likeness (QED) is 0.690. The Morgan fingerprint density at radius 1 is 1.42 bits per heavy atom. The highest BCUT2D eigenvalue weighted by atomic mass is 19.1. The third-order valence-electron chi connectivity index (χ3n) is 1.61. The van der Waals surface area contributed by atoms with Crippen LogP contribution in [-0.4, -0.2) is 6.54 Å². The first kappa shape index (κ1) is 9.23. The molecule has 0 aromatic rings. The van der Waals surface area contributed by atoms with Crippen molar-refractivity contribution in [3.63, 3.8) is 0 Å². The van der Waals surface area contributed by atoms with Crippen molar-refractivity contribution in [3.05, 3.63) is 29.8 Å². The van der Waals surface area contributed by atoms with Crippen LogP contribution in [0, 0.1) is 6.17 Å². The van der Waals surface area contributed by atoms with E-state index in [1.165, 1.54) is 12.2 Å². The zero-order valence-corrected chi connectivity index (χ0v) is 7.03. The Labute approximate surface area is 71.2 Å². The molecule has 1 radical (unpaired) electrons. The Kier molecular flexibility index (Phi) is 3.26. The molecule has 1 rings (SSSR count). The second-order valence-electron chi connectivity index (χ2n) is 2.70. The van der Waals surface area contributed by atoms with Gasteiger partial charge in [0.05, 0.1) is 5.70 Å². The Morgan fingerprint density at radius 3 is 2.75 bits per heavy atom. The zero-order valence-electron chi connectivity index (χ0n) is 7.03. The molecule has 0 heterocycles. The van der Waals surface area contributed by atoms with Crippen LogP contribution in [0.5, 0.6) is 0 Å². The summed E-state index contributed by atoms with van der Waals surface area (Å²) < 4.78 is 25.4. The summed E-state index contributed by atoms with van der Waals surface area (Å²) in [6.45, 7) is 2.71. The predicted octanol–water partition coefficient (Wildman–Crippen LogP) is 2.63. The largest absolute Gasteiger partial charge is 0.383 e. The molecule has 0 unspecified atom stereocenters. The van der Waals surface area contributed by atoms with Gasteiger partial charge in [0.1, 0.15) is 5.83 Å². The van der Waals surface area contributed by atoms with Crippen LogP contribution in [0.15, 0.2) is 23.7 Å². The summed E-state index contributed by atoms with van der Waals surface area (Å²) in [4.78, 5) is 0. The van der Waals surface area contributed by atoms with E-state index in [4.69, 9.17) is 0 Å². The van der Waals surface area contributed by atoms with Crippen LogP contribution in [0.1, 0.15) is 19.8 Å². The lowest BCUT2D eigenvalue weighted by Crippen LogP contribution is -2.16. The van der Waals surface area contributed by atoms with Crippen LogP contribution < -0.4 is 5.32 Å². The minimum absolute atomic E-state index is 0.206. The maximum Gasteiger partial charge on any atom is 0.173 e. The van der Waals surface area contributed by atoms with Gasteiger partial charge in [0, 0.05) is 13.0 Å². The molecule has 0 spiro atoms. The number of nitrogens with one attached hydrogen (secondary N) is 1. The zero-order chi connectivity index (χ0) is 8.97. The molecular weight excluding hydrogens is 160 g/mol. The van der Waals surface area contributed by atoms with Crippen molar-refractivity contribution in [1.29, 1.82) is 0 Å². The molecule has 1 N–H and O–H groups in total. The minimum Gasteiger partial charge on any atom is -0.383 e. The molecule has 0 amide bonds. The molecule has 0 aromatic heterocycles. The number of allylic oxidation sites excluding steroid dienone is 3. The number of hydrogen-bond donors (Lipinski definition) is 1. The van der Waals surface area contributed by atoms with Crippen LogP contribution in [-0.2, 0) is 0 Å². The van der Waals surface area contributed by atoms with Crippen molar-refractivity contribution in [2.75, 3.05) is 6.54 Å². The van der Waals surface area contributed by atoms with Gasteiger partial charge >= 0.3 is 0 Å². The Hall–Kier alpha value is -0.860. The first-order chi connectivity index (χ1) is 5.74. The first-order valence-electron chi connectivity index (χ1n) is 4.06. The molecule has 0 aliphatic heterocycles. The number of hydrogen-bond acceptors (Lipinski definition) is 1. The summed E-state index contributed by atoms with van der Waals surface area (Å²) in [7, 11) is 0. The van der Waals surface area contributed by atoms with E-state index in [-0.39, 0.29) is 6.42 Å². The number of rotatable bonds is 3. The van der Waals surface area contributed by atoms with Gasteiger partial charge in [-0.2, -0.15) is 0 Å². The molecule has 1 nitrogen and oxygen atoms in total. The number of halogens is 2. The van der Waals surface area contributed by atoms with Crippen molar-refractivity contribution in [2.24, 2.45) is 0 Å². The maximum absolute atomic E-state index is 12.9. The summed E-state index contributed by atoms with van der Waals surface area (Å²) in [5, 5.41) is 2.88. The van der Waals surface area contributed by atoms with Crippen molar-refractivity contribution in [1.82, 2.24) is 5.32 Å². The van der Waals surface area contributed by atoms with E-state index >= 15 is 0 Å². The van der Waals surface area contributed by atoms with Gasteiger partial charge in [-0.15, -0.1) is 0 Å². The lowest BCUT2D eigenvalue weighted by molar-refractivity contribution is 0.467. The van der Waals surface area contributed by atoms with Crippen LogP contribution >= 0.6 is 0 Å². The van der Waals surface area contributed by atoms with Crippen LogP contribution in [0.3, 0.4) is 0 Å². The van der Waals surface area contributed by atoms with E-state index in [0.717, 1.165) is 6.42 Å². The predicted molar refractivity (Wildman–Crippen MR) is 44.5 cm³/mol. The fraction of sp³-hybridized carbons (Fsp3) is 0.444. The van der Waals surface area contributed by atoms with Gasteiger partial charge in [0.15, 0.2) is 6.17 Å². The van der Waals surface area contributed by atoms with E-state index < -0.39 is 12.0 Å². The summed E-state index contributed by atoms with van der Waals surface area (Å²) in [5.41, 5.74) is 0.415. The topological polar surface area (TPSA) is 12.0 Å². The molecule has 3 heteroatoms. The minimum atomic E-state index is -0.422. The second kappa shape index (κ2) is 4.24. The molecular formula is C9H12F2N. The van der Waals surface area contributed by atoms with E-state index in [2.05, 4.69) is 5.32 Å². The molecule has 0 saturated heterocycles. The highest BCUT2D eigenvalue weighted by Gasteiger charge is 2.15. The molecule has 1 aliphatic carbocycles. The second-order valence-corrected chi connectivity index (χ2v) is 2.70. The van der Waals surface area contributed by atoms with Gasteiger partial charge in [-0.3, -0.25) is 0 Å². The van der Waals surface area contributed by atoms with Gasteiger partial charge in [-0.05, 0) is 18.6 Å². The van der Waals surface area contributed by atoms with Crippen molar-refractivity contribution in [3.8, 4) is 0 Å². The summed E-state index contributed by atoms with van der Waals surface area (Å²) in [6.07, 6.45) is 3.03. The van der Waals surface area contributed by atoms with Gasteiger partial charge in [-0.25, -0.2) is 8.78 Å². The van der Waals surface area contributed by atoms with E-state index in [9.17, 15) is 8.78 Å². The Bertz CT molecular complexity index is 209. The summed E-state index contributed by atoms with van der Waals surface area (Å²) >= 11 is 0. The van der Waals surface area contributed by atoms with E-state index in [1.807, 2.05) is 6.92 Å².